The Kier molecular flexibility index (Phi) is 6.35. The van der Waals surface area contributed by atoms with Gasteiger partial charge in [-0.3, -0.25) is 4.79 Å². The number of ether oxygens (including phenoxy) is 4. The van der Waals surface area contributed by atoms with Crippen molar-refractivity contribution in [2.45, 2.75) is 31.3 Å². The van der Waals surface area contributed by atoms with Crippen molar-refractivity contribution in [3.63, 3.8) is 0 Å². The van der Waals surface area contributed by atoms with Gasteiger partial charge in [0.05, 0.1) is 25.7 Å². The molecule has 0 amide bonds. The molecule has 0 saturated heterocycles. The molecule has 0 spiro atoms. The van der Waals surface area contributed by atoms with Crippen LogP contribution >= 0.6 is 15.9 Å². The third-order valence-electron chi connectivity index (χ3n) is 6.31. The van der Waals surface area contributed by atoms with Crippen LogP contribution in [0, 0.1) is 17.1 Å². The number of rotatable bonds is 6. The second kappa shape index (κ2) is 9.59. The van der Waals surface area contributed by atoms with E-state index >= 15 is 0 Å². The van der Waals surface area contributed by atoms with E-state index in [9.17, 15) is 14.4 Å². The highest BCUT2D eigenvalue weighted by Crippen LogP contribution is 2.44. The molecule has 0 bridgehead atoms. The Morgan fingerprint density at radius 1 is 1.20 bits per heavy atom. The minimum Gasteiger partial charge on any atom is -0.492 e. The van der Waals surface area contributed by atoms with E-state index < -0.39 is 6.10 Å². The Morgan fingerprint density at radius 3 is 2.86 bits per heavy atom. The summed E-state index contributed by atoms with van der Waals surface area (Å²) in [6.07, 6.45) is 0.918. The fourth-order valence-electron chi connectivity index (χ4n) is 4.59. The molecule has 6 nitrogen and oxygen atoms in total. The van der Waals surface area contributed by atoms with Gasteiger partial charge in [0.1, 0.15) is 41.0 Å². The largest absolute Gasteiger partial charge is 0.492 e. The fourth-order valence-corrected chi connectivity index (χ4v) is 4.93. The molecule has 0 radical (unpaired) electrons. The Balaban J connectivity index is 1.38. The third-order valence-corrected chi connectivity index (χ3v) is 6.80. The smallest absolute Gasteiger partial charge is 0.306 e. The highest BCUT2D eigenvalue weighted by Gasteiger charge is 2.32. The minimum absolute atomic E-state index is 0.0628. The highest BCUT2D eigenvalue weighted by molar-refractivity contribution is 9.10. The first-order chi connectivity index (χ1) is 17.0. The molecule has 1 heterocycles. The summed E-state index contributed by atoms with van der Waals surface area (Å²) in [7, 11) is 1.37. The number of nitriles is 1. The van der Waals surface area contributed by atoms with Crippen molar-refractivity contribution in [1.82, 2.24) is 0 Å². The monoisotopic (exact) mass is 537 g/mol. The summed E-state index contributed by atoms with van der Waals surface area (Å²) in [6.45, 7) is 0.399. The van der Waals surface area contributed by atoms with E-state index in [1.807, 2.05) is 12.1 Å². The molecule has 1 aliphatic carbocycles. The van der Waals surface area contributed by atoms with Crippen LogP contribution in [-0.4, -0.2) is 19.7 Å². The highest BCUT2D eigenvalue weighted by atomic mass is 79.9. The molecule has 8 heteroatoms. The van der Waals surface area contributed by atoms with Gasteiger partial charge in [-0.2, -0.15) is 5.26 Å². The number of halogens is 2. The van der Waals surface area contributed by atoms with Crippen LogP contribution in [0.3, 0.4) is 0 Å². The Hall–Kier alpha value is -3.57. The number of hydrogen-bond acceptors (Lipinski definition) is 6. The zero-order chi connectivity index (χ0) is 24.5. The van der Waals surface area contributed by atoms with Gasteiger partial charge in [0.2, 0.25) is 0 Å². The average Bonchev–Trinajstić information content (AvgIpc) is 3.46. The molecule has 3 aromatic carbocycles. The number of carbonyl (C=O) groups excluding carboxylic acids is 1. The maximum absolute atomic E-state index is 14.9. The van der Waals surface area contributed by atoms with Gasteiger partial charge in [0.15, 0.2) is 0 Å². The molecule has 5 rings (SSSR count). The molecule has 2 aliphatic rings. The van der Waals surface area contributed by atoms with E-state index in [1.165, 1.54) is 13.2 Å². The molecular weight excluding hydrogens is 517 g/mol. The number of carbonyl (C=O) groups is 1. The van der Waals surface area contributed by atoms with E-state index in [4.69, 9.17) is 18.9 Å². The first-order valence-corrected chi connectivity index (χ1v) is 11.9. The second-order valence-corrected chi connectivity index (χ2v) is 9.34. The SMILES string of the molecule is COC(=O)CC1COc2cc(OC3CCc4c(Oc5cc(Br)ccc5C#N)ccc(F)c43)ccc21. The van der Waals surface area contributed by atoms with Crippen LogP contribution < -0.4 is 14.2 Å². The topological polar surface area (TPSA) is 77.8 Å². The summed E-state index contributed by atoms with van der Waals surface area (Å²) in [4.78, 5) is 11.7. The lowest BCUT2D eigenvalue weighted by Crippen LogP contribution is -2.09. The molecule has 178 valence electrons. The zero-order valence-electron chi connectivity index (χ0n) is 18.8. The standard InChI is InChI=1S/C27H21BrFNO5/c1-32-26(31)10-16-14-33-25-12-18(4-5-19(16)25)34-23-8-6-20-22(9-7-21(29)27(20)23)35-24-11-17(28)3-2-15(24)13-30/h2-5,7,9,11-12,16,23H,6,8,10,14H2,1H3. The van der Waals surface area contributed by atoms with Crippen molar-refractivity contribution < 1.29 is 28.1 Å². The zero-order valence-corrected chi connectivity index (χ0v) is 20.4. The van der Waals surface area contributed by atoms with Crippen LogP contribution in [0.2, 0.25) is 0 Å². The molecule has 35 heavy (non-hydrogen) atoms. The van der Waals surface area contributed by atoms with Gasteiger partial charge in [-0.25, -0.2) is 4.39 Å². The van der Waals surface area contributed by atoms with E-state index in [0.717, 1.165) is 15.6 Å². The molecule has 0 saturated carbocycles. The van der Waals surface area contributed by atoms with Crippen molar-refractivity contribution in [3.05, 3.63) is 81.1 Å². The van der Waals surface area contributed by atoms with Crippen molar-refractivity contribution in [2.24, 2.45) is 0 Å². The van der Waals surface area contributed by atoms with E-state index in [2.05, 4.69) is 22.0 Å². The van der Waals surface area contributed by atoms with Gasteiger partial charge in [-0.05, 0) is 49.2 Å². The number of esters is 1. The van der Waals surface area contributed by atoms with Gasteiger partial charge in [0.25, 0.3) is 0 Å². The van der Waals surface area contributed by atoms with Gasteiger partial charge in [0, 0.05) is 33.1 Å². The van der Waals surface area contributed by atoms with Crippen molar-refractivity contribution >= 4 is 21.9 Å². The lowest BCUT2D eigenvalue weighted by Gasteiger charge is -2.17. The van der Waals surface area contributed by atoms with Crippen LogP contribution in [0.25, 0.3) is 0 Å². The molecule has 2 unspecified atom stereocenters. The molecule has 0 N–H and O–H groups in total. The summed E-state index contributed by atoms with van der Waals surface area (Å²) < 4.78 is 38.5. The number of fused-ring (bicyclic) bond motifs is 2. The van der Waals surface area contributed by atoms with E-state index in [-0.39, 0.29) is 24.1 Å². The summed E-state index contributed by atoms with van der Waals surface area (Å²) in [6, 6.07) is 15.7. The predicted octanol–water partition coefficient (Wildman–Crippen LogP) is 6.36. The summed E-state index contributed by atoms with van der Waals surface area (Å²) in [5.74, 6) is 1.41. The number of hydrogen-bond donors (Lipinski definition) is 0. The normalized spacial score (nSPS) is 17.7. The van der Waals surface area contributed by atoms with Gasteiger partial charge >= 0.3 is 5.97 Å². The second-order valence-electron chi connectivity index (χ2n) is 8.43. The van der Waals surface area contributed by atoms with Crippen LogP contribution in [0.5, 0.6) is 23.0 Å². The molecule has 3 aromatic rings. The van der Waals surface area contributed by atoms with Crippen LogP contribution in [0.4, 0.5) is 4.39 Å². The molecule has 2 atom stereocenters. The van der Waals surface area contributed by atoms with Crippen molar-refractivity contribution in [1.29, 1.82) is 5.26 Å². The van der Waals surface area contributed by atoms with Crippen LogP contribution in [-0.2, 0) is 16.0 Å². The lowest BCUT2D eigenvalue weighted by molar-refractivity contribution is -0.141. The Morgan fingerprint density at radius 2 is 2.06 bits per heavy atom. The van der Waals surface area contributed by atoms with Crippen LogP contribution in [0.1, 0.15) is 47.1 Å². The predicted molar refractivity (Wildman–Crippen MR) is 128 cm³/mol. The van der Waals surface area contributed by atoms with Crippen molar-refractivity contribution in [3.8, 4) is 29.1 Å². The number of nitrogens with zero attached hydrogens (tertiary/aromatic N) is 1. The maximum atomic E-state index is 14.9. The van der Waals surface area contributed by atoms with Gasteiger partial charge in [-0.1, -0.05) is 22.0 Å². The molecule has 0 fully saturated rings. The maximum Gasteiger partial charge on any atom is 0.306 e. The van der Waals surface area contributed by atoms with E-state index in [1.54, 1.807) is 30.3 Å². The van der Waals surface area contributed by atoms with Gasteiger partial charge in [-0.15, -0.1) is 0 Å². The lowest BCUT2D eigenvalue weighted by atomic mass is 9.98. The Labute approximate surface area is 210 Å². The first-order valence-electron chi connectivity index (χ1n) is 11.2. The molecule has 0 aromatic heterocycles. The van der Waals surface area contributed by atoms with E-state index in [0.29, 0.717) is 53.6 Å². The fraction of sp³-hybridized carbons (Fsp3) is 0.259. The molecular formula is C27H21BrFNO5. The van der Waals surface area contributed by atoms with Gasteiger partial charge < -0.3 is 18.9 Å². The number of benzene rings is 3. The van der Waals surface area contributed by atoms with Crippen LogP contribution in [0.15, 0.2) is 53.0 Å². The first kappa shape index (κ1) is 23.2. The minimum atomic E-state index is -0.489. The number of methoxy groups -OCH3 is 1. The summed E-state index contributed by atoms with van der Waals surface area (Å²) in [5.41, 5.74) is 2.51. The average molecular weight is 538 g/mol. The molecule has 1 aliphatic heterocycles. The Bertz CT molecular complexity index is 1350. The van der Waals surface area contributed by atoms with Crippen molar-refractivity contribution in [2.75, 3.05) is 13.7 Å². The third kappa shape index (κ3) is 4.56. The quantitative estimate of drug-likeness (QED) is 0.340. The summed E-state index contributed by atoms with van der Waals surface area (Å²) in [5, 5.41) is 9.41. The summed E-state index contributed by atoms with van der Waals surface area (Å²) >= 11 is 3.40.